The van der Waals surface area contributed by atoms with Crippen LogP contribution in [0.1, 0.15) is 12.6 Å². The monoisotopic (exact) mass is 355 g/mol. The lowest BCUT2D eigenvalue weighted by molar-refractivity contribution is -0.116. The van der Waals surface area contributed by atoms with Gasteiger partial charge in [-0.15, -0.1) is 0 Å². The largest absolute Gasteiger partial charge is 0.335 e. The normalized spacial score (nSPS) is 11.1. The molecule has 2 aromatic rings. The molecule has 0 aromatic carbocycles. The van der Waals surface area contributed by atoms with Crippen LogP contribution in [0.4, 0.5) is 5.69 Å². The number of hydrogen-bond acceptors (Lipinski definition) is 6. The van der Waals surface area contributed by atoms with E-state index in [-0.39, 0.29) is 5.91 Å². The van der Waals surface area contributed by atoms with Crippen LogP contribution in [0, 0.1) is 6.92 Å². The minimum Gasteiger partial charge on any atom is -0.335 e. The van der Waals surface area contributed by atoms with E-state index in [1.165, 1.54) is 11.8 Å². The van der Waals surface area contributed by atoms with Crippen molar-refractivity contribution in [1.82, 2.24) is 19.9 Å². The topological polar surface area (TPSA) is 62.2 Å². The van der Waals surface area contributed by atoms with Crippen molar-refractivity contribution in [1.29, 1.82) is 0 Å². The fourth-order valence-electron chi connectivity index (χ4n) is 2.09. The molecular weight excluding hydrogens is 334 g/mol. The van der Waals surface area contributed by atoms with Gasteiger partial charge in [0.05, 0.1) is 16.9 Å². The lowest BCUT2D eigenvalue weighted by Gasteiger charge is -2.26. The van der Waals surface area contributed by atoms with Crippen LogP contribution in [0.5, 0.6) is 0 Å². The number of amides is 1. The number of pyridine rings is 1. The van der Waals surface area contributed by atoms with Gasteiger partial charge in [-0.05, 0) is 43.8 Å². The molecule has 0 aliphatic carbocycles. The molecule has 130 valence electrons. The van der Waals surface area contributed by atoms with Gasteiger partial charge in [-0.3, -0.25) is 9.78 Å². The molecule has 2 heterocycles. The number of thioether (sulfide) groups is 1. The molecule has 7 heteroatoms. The summed E-state index contributed by atoms with van der Waals surface area (Å²) in [6.45, 7) is 7.77. The fourth-order valence-corrected chi connectivity index (χ4v) is 2.83. The summed E-state index contributed by atoms with van der Waals surface area (Å²) in [7, 11) is 3.52. The Kier molecular flexibility index (Phi) is 6.30. The van der Waals surface area contributed by atoms with Crippen LogP contribution >= 0.6 is 11.8 Å². The molecule has 2 aromatic heterocycles. The summed E-state index contributed by atoms with van der Waals surface area (Å²) in [6.07, 6.45) is 6.79. The Hall–Kier alpha value is -2.67. The third-order valence-corrected chi connectivity index (χ3v) is 4.44. The first kappa shape index (κ1) is 18.7. The SMILES string of the molecule is C=C(Sc1nccc(C)n1)N(C)/C(=C\C)C(=O)N(C)c1cccnc1. The number of likely N-dealkylation sites (N-methyl/N-ethyl adjacent to an activating group) is 2. The van der Waals surface area contributed by atoms with Crippen LogP contribution in [0.25, 0.3) is 0 Å². The number of aryl methyl sites for hydroxylation is 1. The smallest absolute Gasteiger partial charge is 0.274 e. The highest BCUT2D eigenvalue weighted by molar-refractivity contribution is 8.02. The predicted molar refractivity (Wildman–Crippen MR) is 101 cm³/mol. The Balaban J connectivity index is 2.13. The maximum atomic E-state index is 12.8. The molecule has 6 nitrogen and oxygen atoms in total. The second-order valence-corrected chi connectivity index (χ2v) is 6.33. The standard InChI is InChI=1S/C18H21N5OS/c1-6-16(17(24)23(5)15-8-7-10-19-12-15)22(4)14(3)25-18-20-11-9-13(2)21-18/h6-12H,3H2,1-2,4-5H3/b16-6-. The molecule has 0 bridgehead atoms. The Bertz CT molecular complexity index is 791. The molecule has 25 heavy (non-hydrogen) atoms. The third-order valence-electron chi connectivity index (χ3n) is 3.55. The average Bonchev–Trinajstić information content (AvgIpc) is 2.62. The first-order chi connectivity index (χ1) is 11.9. The molecule has 0 fully saturated rings. The summed E-state index contributed by atoms with van der Waals surface area (Å²) in [6, 6.07) is 5.46. The number of rotatable bonds is 6. The van der Waals surface area contributed by atoms with Gasteiger partial charge in [-0.2, -0.15) is 0 Å². The molecule has 0 spiro atoms. The van der Waals surface area contributed by atoms with Crippen molar-refractivity contribution in [3.05, 3.63) is 65.9 Å². The molecule has 0 aliphatic heterocycles. The summed E-state index contributed by atoms with van der Waals surface area (Å²) in [5, 5.41) is 1.26. The van der Waals surface area contributed by atoms with E-state index in [0.29, 0.717) is 15.9 Å². The zero-order valence-corrected chi connectivity index (χ0v) is 15.6. The van der Waals surface area contributed by atoms with E-state index in [0.717, 1.165) is 11.4 Å². The van der Waals surface area contributed by atoms with Crippen LogP contribution < -0.4 is 4.90 Å². The van der Waals surface area contributed by atoms with Crippen molar-refractivity contribution in [2.24, 2.45) is 0 Å². The van der Waals surface area contributed by atoms with Gasteiger partial charge in [0, 0.05) is 32.2 Å². The highest BCUT2D eigenvalue weighted by Crippen LogP contribution is 2.27. The molecule has 0 unspecified atom stereocenters. The molecule has 0 N–H and O–H groups in total. The molecule has 0 saturated carbocycles. The van der Waals surface area contributed by atoms with Gasteiger partial charge in [-0.1, -0.05) is 12.7 Å². The molecule has 2 rings (SSSR count). The van der Waals surface area contributed by atoms with Gasteiger partial charge >= 0.3 is 0 Å². The average molecular weight is 355 g/mol. The van der Waals surface area contributed by atoms with E-state index >= 15 is 0 Å². The van der Waals surface area contributed by atoms with Gasteiger partial charge < -0.3 is 9.80 Å². The highest BCUT2D eigenvalue weighted by Gasteiger charge is 2.21. The highest BCUT2D eigenvalue weighted by atomic mass is 32.2. The number of carbonyl (C=O) groups is 1. The lowest BCUT2D eigenvalue weighted by atomic mass is 10.3. The first-order valence-electron chi connectivity index (χ1n) is 7.68. The van der Waals surface area contributed by atoms with Gasteiger partial charge in [0.25, 0.3) is 5.91 Å². The van der Waals surface area contributed by atoms with Gasteiger partial charge in [0.1, 0.15) is 5.70 Å². The molecule has 0 radical (unpaired) electrons. The van der Waals surface area contributed by atoms with Crippen LogP contribution in [-0.2, 0) is 4.79 Å². The zero-order chi connectivity index (χ0) is 18.4. The number of carbonyl (C=O) groups excluding carboxylic acids is 1. The second-order valence-electron chi connectivity index (χ2n) is 5.28. The number of aromatic nitrogens is 3. The minimum atomic E-state index is -0.148. The van der Waals surface area contributed by atoms with Gasteiger partial charge in [-0.25, -0.2) is 9.97 Å². The lowest BCUT2D eigenvalue weighted by Crippen LogP contribution is -2.34. The predicted octanol–water partition coefficient (Wildman–Crippen LogP) is 3.24. The molecular formula is C18H21N5OS. The van der Waals surface area contributed by atoms with Crippen molar-refractivity contribution in [2.75, 3.05) is 19.0 Å². The maximum absolute atomic E-state index is 12.8. The summed E-state index contributed by atoms with van der Waals surface area (Å²) < 4.78 is 0. The number of anilines is 1. The quantitative estimate of drug-likeness (QED) is 0.450. The van der Waals surface area contributed by atoms with Crippen LogP contribution in [-0.4, -0.2) is 39.9 Å². The molecule has 0 aliphatic rings. The molecule has 0 saturated heterocycles. The van der Waals surface area contributed by atoms with Crippen molar-refractivity contribution in [3.8, 4) is 0 Å². The van der Waals surface area contributed by atoms with Crippen LogP contribution in [0.15, 0.2) is 65.3 Å². The van der Waals surface area contributed by atoms with Gasteiger partial charge in [0.15, 0.2) is 5.16 Å². The van der Waals surface area contributed by atoms with Crippen molar-refractivity contribution >= 4 is 23.4 Å². The Morgan fingerprint density at radius 3 is 2.64 bits per heavy atom. The Morgan fingerprint density at radius 2 is 2.04 bits per heavy atom. The third kappa shape index (κ3) is 4.67. The van der Waals surface area contributed by atoms with Crippen molar-refractivity contribution < 1.29 is 4.79 Å². The number of hydrogen-bond donors (Lipinski definition) is 0. The van der Waals surface area contributed by atoms with E-state index in [4.69, 9.17) is 0 Å². The zero-order valence-electron chi connectivity index (χ0n) is 14.8. The Morgan fingerprint density at radius 1 is 1.28 bits per heavy atom. The molecule has 1 amide bonds. The van der Waals surface area contributed by atoms with Crippen molar-refractivity contribution in [2.45, 2.75) is 19.0 Å². The van der Waals surface area contributed by atoms with Gasteiger partial charge in [0.2, 0.25) is 0 Å². The maximum Gasteiger partial charge on any atom is 0.274 e. The summed E-state index contributed by atoms with van der Waals surface area (Å²) in [5.41, 5.74) is 2.11. The molecule has 0 atom stereocenters. The summed E-state index contributed by atoms with van der Waals surface area (Å²) in [5.74, 6) is -0.148. The van der Waals surface area contributed by atoms with E-state index in [2.05, 4.69) is 21.5 Å². The van der Waals surface area contributed by atoms with Crippen molar-refractivity contribution in [3.63, 3.8) is 0 Å². The Labute approximate surface area is 152 Å². The minimum absolute atomic E-state index is 0.148. The first-order valence-corrected chi connectivity index (χ1v) is 8.50. The summed E-state index contributed by atoms with van der Waals surface area (Å²) >= 11 is 1.32. The van der Waals surface area contributed by atoms with E-state index < -0.39 is 0 Å². The van der Waals surface area contributed by atoms with E-state index in [9.17, 15) is 4.79 Å². The summed E-state index contributed by atoms with van der Waals surface area (Å²) in [4.78, 5) is 28.7. The number of nitrogens with zero attached hydrogens (tertiary/aromatic N) is 5. The second kappa shape index (κ2) is 8.43. The number of allylic oxidation sites excluding steroid dienone is 1. The van der Waals surface area contributed by atoms with Crippen LogP contribution in [0.2, 0.25) is 0 Å². The fraction of sp³-hybridized carbons (Fsp3) is 0.222. The van der Waals surface area contributed by atoms with E-state index in [1.807, 2.05) is 26.0 Å². The van der Waals surface area contributed by atoms with Crippen LogP contribution in [0.3, 0.4) is 0 Å². The van der Waals surface area contributed by atoms with E-state index in [1.54, 1.807) is 54.6 Å².